The van der Waals surface area contributed by atoms with Gasteiger partial charge in [0.15, 0.2) is 0 Å². The van der Waals surface area contributed by atoms with E-state index in [2.05, 4.69) is 40.3 Å². The number of anilines is 1. The molecule has 0 aromatic carbocycles. The molecule has 1 aliphatic rings. The van der Waals surface area contributed by atoms with Gasteiger partial charge in [-0.15, -0.1) is 0 Å². The van der Waals surface area contributed by atoms with E-state index < -0.39 is 0 Å². The van der Waals surface area contributed by atoms with E-state index in [1.54, 1.807) is 6.20 Å². The monoisotopic (exact) mass is 268 g/mol. The van der Waals surface area contributed by atoms with Crippen molar-refractivity contribution in [2.75, 3.05) is 39.1 Å². The second kappa shape index (κ2) is 5.87. The fourth-order valence-corrected chi connectivity index (χ4v) is 2.51. The summed E-state index contributed by atoms with van der Waals surface area (Å²) in [6.07, 6.45) is 2.95. The van der Waals surface area contributed by atoms with Crippen molar-refractivity contribution in [1.82, 2.24) is 15.2 Å². The van der Waals surface area contributed by atoms with Crippen LogP contribution in [-0.2, 0) is 6.54 Å². The summed E-state index contributed by atoms with van der Waals surface area (Å²) in [7, 11) is 6.19. The van der Waals surface area contributed by atoms with Crippen molar-refractivity contribution in [1.29, 1.82) is 0 Å². The van der Waals surface area contributed by atoms with Crippen LogP contribution in [0.3, 0.4) is 0 Å². The summed E-state index contributed by atoms with van der Waals surface area (Å²) in [5.41, 5.74) is 1.11. The molecular weight excluding hydrogens is 248 g/mol. The summed E-state index contributed by atoms with van der Waals surface area (Å²) in [6, 6.07) is 2.71. The molecule has 1 aliphatic heterocycles. The van der Waals surface area contributed by atoms with E-state index in [1.165, 1.54) is 6.42 Å². The summed E-state index contributed by atoms with van der Waals surface area (Å²) in [6.45, 7) is 2.89. The minimum Gasteiger partial charge on any atom is -0.355 e. The predicted molar refractivity (Wildman–Crippen MR) is 76.3 cm³/mol. The zero-order valence-corrected chi connectivity index (χ0v) is 12.0. The molecular formula is C13H21ClN4. The standard InChI is InChI=1S/C13H21ClN4/c1-15-7-10-6-13(16-8-12(10)14)18-5-4-11(9-18)17(2)3/h6,8,11,15H,4-5,7,9H2,1-3H3. The van der Waals surface area contributed by atoms with Gasteiger partial charge in [-0.3, -0.25) is 0 Å². The number of aromatic nitrogens is 1. The molecule has 0 saturated carbocycles. The SMILES string of the molecule is CNCc1cc(N2CCC(N(C)C)C2)ncc1Cl. The molecule has 1 atom stereocenters. The van der Waals surface area contributed by atoms with Crippen LogP contribution < -0.4 is 10.2 Å². The molecule has 0 spiro atoms. The van der Waals surface area contributed by atoms with Gasteiger partial charge in [0.1, 0.15) is 5.82 Å². The molecule has 0 aliphatic carbocycles. The second-order valence-corrected chi connectivity index (χ2v) is 5.42. The molecule has 0 amide bonds. The van der Waals surface area contributed by atoms with Gasteiger partial charge in [0.05, 0.1) is 5.02 Å². The van der Waals surface area contributed by atoms with Crippen LogP contribution in [-0.4, -0.2) is 50.2 Å². The van der Waals surface area contributed by atoms with Crippen LogP contribution in [0.15, 0.2) is 12.3 Å². The molecule has 100 valence electrons. The maximum atomic E-state index is 6.13. The van der Waals surface area contributed by atoms with E-state index in [-0.39, 0.29) is 0 Å². The highest BCUT2D eigenvalue weighted by Gasteiger charge is 2.25. The first-order valence-corrected chi connectivity index (χ1v) is 6.70. The average molecular weight is 269 g/mol. The molecule has 1 saturated heterocycles. The van der Waals surface area contributed by atoms with Gasteiger partial charge in [-0.25, -0.2) is 4.98 Å². The van der Waals surface area contributed by atoms with E-state index in [0.717, 1.165) is 36.0 Å². The molecule has 4 nitrogen and oxygen atoms in total. The van der Waals surface area contributed by atoms with Crippen LogP contribution in [0, 0.1) is 0 Å². The maximum Gasteiger partial charge on any atom is 0.128 e. The van der Waals surface area contributed by atoms with Gasteiger partial charge >= 0.3 is 0 Å². The summed E-state index contributed by atoms with van der Waals surface area (Å²) >= 11 is 6.13. The number of nitrogens with zero attached hydrogens (tertiary/aromatic N) is 3. The zero-order valence-electron chi connectivity index (χ0n) is 11.3. The molecule has 18 heavy (non-hydrogen) atoms. The van der Waals surface area contributed by atoms with Crippen molar-refractivity contribution < 1.29 is 0 Å². The van der Waals surface area contributed by atoms with Crippen LogP contribution >= 0.6 is 11.6 Å². The van der Waals surface area contributed by atoms with Gasteiger partial charge in [0.2, 0.25) is 0 Å². The highest BCUT2D eigenvalue weighted by atomic mass is 35.5. The summed E-state index contributed by atoms with van der Waals surface area (Å²) in [4.78, 5) is 9.06. The minimum absolute atomic E-state index is 0.621. The Hall–Kier alpha value is -0.840. The summed E-state index contributed by atoms with van der Waals surface area (Å²) in [5.74, 6) is 1.04. The Morgan fingerprint density at radius 3 is 2.94 bits per heavy atom. The maximum absolute atomic E-state index is 6.13. The van der Waals surface area contributed by atoms with E-state index in [9.17, 15) is 0 Å². The molecule has 0 radical (unpaired) electrons. The first-order valence-electron chi connectivity index (χ1n) is 6.32. The number of likely N-dealkylation sites (N-methyl/N-ethyl adjacent to an activating group) is 1. The summed E-state index contributed by atoms with van der Waals surface area (Å²) in [5, 5.41) is 3.86. The predicted octanol–water partition coefficient (Wildman–Crippen LogP) is 1.59. The van der Waals surface area contributed by atoms with Crippen LogP contribution in [0.1, 0.15) is 12.0 Å². The Morgan fingerprint density at radius 1 is 1.56 bits per heavy atom. The molecule has 2 rings (SSSR count). The Bertz CT molecular complexity index is 408. The van der Waals surface area contributed by atoms with Gasteiger partial charge < -0.3 is 15.1 Å². The molecule has 1 aromatic heterocycles. The van der Waals surface area contributed by atoms with Crippen molar-refractivity contribution in [3.8, 4) is 0 Å². The van der Waals surface area contributed by atoms with Gasteiger partial charge in [0.25, 0.3) is 0 Å². The van der Waals surface area contributed by atoms with Gasteiger partial charge in [-0.2, -0.15) is 0 Å². The third kappa shape index (κ3) is 2.94. The lowest BCUT2D eigenvalue weighted by Gasteiger charge is -2.21. The molecule has 2 heterocycles. The largest absolute Gasteiger partial charge is 0.355 e. The summed E-state index contributed by atoms with van der Waals surface area (Å²) < 4.78 is 0. The Morgan fingerprint density at radius 2 is 2.33 bits per heavy atom. The average Bonchev–Trinajstić information content (AvgIpc) is 2.82. The number of rotatable bonds is 4. The third-order valence-electron chi connectivity index (χ3n) is 3.51. The number of halogens is 1. The molecule has 1 N–H and O–H groups in total. The van der Waals surface area contributed by atoms with E-state index in [4.69, 9.17) is 11.6 Å². The lowest BCUT2D eigenvalue weighted by atomic mass is 10.2. The van der Waals surface area contributed by atoms with Crippen LogP contribution in [0.25, 0.3) is 0 Å². The second-order valence-electron chi connectivity index (χ2n) is 5.02. The van der Waals surface area contributed by atoms with E-state index in [0.29, 0.717) is 6.04 Å². The number of hydrogen-bond acceptors (Lipinski definition) is 4. The van der Waals surface area contributed by atoms with Crippen LogP contribution in [0.4, 0.5) is 5.82 Å². The molecule has 5 heteroatoms. The lowest BCUT2D eigenvalue weighted by Crippen LogP contribution is -2.31. The van der Waals surface area contributed by atoms with Crippen molar-refractivity contribution in [2.24, 2.45) is 0 Å². The molecule has 1 fully saturated rings. The van der Waals surface area contributed by atoms with E-state index >= 15 is 0 Å². The van der Waals surface area contributed by atoms with Crippen molar-refractivity contribution >= 4 is 17.4 Å². The third-order valence-corrected chi connectivity index (χ3v) is 3.85. The molecule has 1 unspecified atom stereocenters. The van der Waals surface area contributed by atoms with Crippen molar-refractivity contribution in [3.05, 3.63) is 22.8 Å². The van der Waals surface area contributed by atoms with Gasteiger partial charge in [-0.05, 0) is 39.2 Å². The lowest BCUT2D eigenvalue weighted by molar-refractivity contribution is 0.315. The fraction of sp³-hybridized carbons (Fsp3) is 0.615. The topological polar surface area (TPSA) is 31.4 Å². The first-order chi connectivity index (χ1) is 8.61. The highest BCUT2D eigenvalue weighted by molar-refractivity contribution is 6.31. The zero-order chi connectivity index (χ0) is 13.1. The first kappa shape index (κ1) is 13.6. The van der Waals surface area contributed by atoms with Crippen molar-refractivity contribution in [3.63, 3.8) is 0 Å². The smallest absolute Gasteiger partial charge is 0.128 e. The van der Waals surface area contributed by atoms with Crippen LogP contribution in [0.2, 0.25) is 5.02 Å². The normalized spacial score (nSPS) is 19.8. The number of hydrogen-bond donors (Lipinski definition) is 1. The quantitative estimate of drug-likeness (QED) is 0.899. The molecule has 0 bridgehead atoms. The highest BCUT2D eigenvalue weighted by Crippen LogP contribution is 2.24. The Kier molecular flexibility index (Phi) is 4.43. The Balaban J connectivity index is 2.12. The van der Waals surface area contributed by atoms with Crippen molar-refractivity contribution in [2.45, 2.75) is 19.0 Å². The molecule has 1 aromatic rings. The Labute approximate surface area is 114 Å². The van der Waals surface area contributed by atoms with Gasteiger partial charge in [-0.1, -0.05) is 11.6 Å². The van der Waals surface area contributed by atoms with Crippen LogP contribution in [0.5, 0.6) is 0 Å². The minimum atomic E-state index is 0.621. The number of pyridine rings is 1. The fourth-order valence-electron chi connectivity index (χ4n) is 2.34. The van der Waals surface area contributed by atoms with Gasteiger partial charge in [0, 0.05) is 31.9 Å². The van der Waals surface area contributed by atoms with E-state index in [1.807, 2.05) is 7.05 Å². The number of nitrogens with one attached hydrogen (secondary N) is 1.